The summed E-state index contributed by atoms with van der Waals surface area (Å²) in [6.07, 6.45) is 3.67. The van der Waals surface area contributed by atoms with Crippen LogP contribution >= 0.6 is 0 Å². The predicted molar refractivity (Wildman–Crippen MR) is 104 cm³/mol. The zero-order valence-electron chi connectivity index (χ0n) is 16.2. The van der Waals surface area contributed by atoms with Crippen molar-refractivity contribution in [2.24, 2.45) is 13.0 Å². The van der Waals surface area contributed by atoms with Crippen LogP contribution in [0.2, 0.25) is 0 Å². The molecule has 0 saturated carbocycles. The number of hydrogen-bond acceptors (Lipinski definition) is 8. The number of piperidine rings is 1. The highest BCUT2D eigenvalue weighted by Crippen LogP contribution is 2.44. The highest BCUT2D eigenvalue weighted by atomic mass is 16.6. The Kier molecular flexibility index (Phi) is 5.80. The molecule has 1 saturated heterocycles. The molecule has 1 aliphatic rings. The van der Waals surface area contributed by atoms with Gasteiger partial charge in [0.15, 0.2) is 5.69 Å². The number of rotatable bonds is 6. The van der Waals surface area contributed by atoms with Crippen molar-refractivity contribution in [3.8, 4) is 0 Å². The second-order valence-electron chi connectivity index (χ2n) is 7.24. The molecule has 2 N–H and O–H groups in total. The van der Waals surface area contributed by atoms with Crippen LogP contribution in [0.3, 0.4) is 0 Å². The number of hydrogen-bond donors (Lipinski definition) is 2. The minimum Gasteiger partial charge on any atom is -0.392 e. The lowest BCUT2D eigenvalue weighted by molar-refractivity contribution is -0.393. The number of aromatic nitrogens is 2. The molecule has 0 radical (unpaired) electrons. The smallest absolute Gasteiger partial charge is 0.302 e. The van der Waals surface area contributed by atoms with Gasteiger partial charge >= 0.3 is 5.69 Å². The molecule has 11 nitrogen and oxygen atoms in total. The van der Waals surface area contributed by atoms with Crippen LogP contribution in [0.4, 0.5) is 17.1 Å². The van der Waals surface area contributed by atoms with Crippen molar-refractivity contribution >= 4 is 17.1 Å². The molecule has 0 amide bonds. The lowest BCUT2D eigenvalue weighted by Crippen LogP contribution is -2.39. The molecule has 11 heteroatoms. The van der Waals surface area contributed by atoms with E-state index in [1.807, 2.05) is 0 Å². The monoisotopic (exact) mass is 405 g/mol. The van der Waals surface area contributed by atoms with Gasteiger partial charge in [0.1, 0.15) is 11.9 Å². The maximum atomic E-state index is 11.8. The first kappa shape index (κ1) is 20.7. The Morgan fingerprint density at radius 1 is 1.34 bits per heavy atom. The van der Waals surface area contributed by atoms with E-state index in [4.69, 9.17) is 0 Å². The molecule has 3 rings (SSSR count). The van der Waals surface area contributed by atoms with Crippen LogP contribution in [0.5, 0.6) is 0 Å². The molecule has 2 heterocycles. The van der Waals surface area contributed by atoms with Crippen molar-refractivity contribution < 1.29 is 20.1 Å². The fourth-order valence-corrected chi connectivity index (χ4v) is 3.97. The molecule has 1 aromatic heterocycles. The third-order valence-corrected chi connectivity index (χ3v) is 5.51. The van der Waals surface area contributed by atoms with Gasteiger partial charge in [0.2, 0.25) is 0 Å². The van der Waals surface area contributed by atoms with Gasteiger partial charge < -0.3 is 19.7 Å². The Morgan fingerprint density at radius 3 is 2.62 bits per heavy atom. The quantitative estimate of drug-likeness (QED) is 0.547. The summed E-state index contributed by atoms with van der Waals surface area (Å²) in [7, 11) is 1.76. The van der Waals surface area contributed by atoms with E-state index in [-0.39, 0.29) is 35.0 Å². The zero-order valence-corrected chi connectivity index (χ0v) is 16.2. The SMILES string of the molecule is Cc1c(CO)cc([N+](=O)[O-])c(N2CCCC(C(O)c3nccn3C)C2)c1[N+](=O)[O-]. The van der Waals surface area contributed by atoms with Gasteiger partial charge in [-0.2, -0.15) is 0 Å². The van der Waals surface area contributed by atoms with E-state index < -0.39 is 28.2 Å². The standard InChI is InChI=1S/C18H23N5O6/c1-11-13(10-24)8-14(22(26)27)16(15(11)23(28)29)21-6-3-4-12(9-21)17(25)18-19-5-7-20(18)2/h5,7-8,12,17,24-25H,3-4,6,9-10H2,1-2H3. The number of nitrogens with zero attached hydrogens (tertiary/aromatic N) is 5. The van der Waals surface area contributed by atoms with Crippen molar-refractivity contribution in [2.75, 3.05) is 18.0 Å². The number of aliphatic hydroxyl groups is 2. The summed E-state index contributed by atoms with van der Waals surface area (Å²) >= 11 is 0. The van der Waals surface area contributed by atoms with Gasteiger partial charge in [-0.25, -0.2) is 4.98 Å². The Morgan fingerprint density at radius 2 is 2.07 bits per heavy atom. The Labute approximate surface area is 166 Å². The minimum atomic E-state index is -0.895. The fourth-order valence-electron chi connectivity index (χ4n) is 3.97. The summed E-state index contributed by atoms with van der Waals surface area (Å²) < 4.78 is 1.70. The number of imidazole rings is 1. The van der Waals surface area contributed by atoms with Gasteiger partial charge in [-0.15, -0.1) is 0 Å². The van der Waals surface area contributed by atoms with E-state index in [0.717, 1.165) is 0 Å². The van der Waals surface area contributed by atoms with E-state index in [0.29, 0.717) is 25.2 Å². The van der Waals surface area contributed by atoms with Crippen molar-refractivity contribution in [3.63, 3.8) is 0 Å². The first-order valence-corrected chi connectivity index (χ1v) is 9.22. The molecule has 0 aliphatic carbocycles. The lowest BCUT2D eigenvalue weighted by atomic mass is 9.91. The van der Waals surface area contributed by atoms with Crippen LogP contribution in [-0.2, 0) is 13.7 Å². The summed E-state index contributed by atoms with van der Waals surface area (Å²) in [5, 5.41) is 43.7. The van der Waals surface area contributed by atoms with Crippen LogP contribution in [0.15, 0.2) is 18.5 Å². The molecular weight excluding hydrogens is 382 g/mol. The number of nitro groups is 2. The average Bonchev–Trinajstić information content (AvgIpc) is 3.12. The molecule has 1 aliphatic heterocycles. The Hall–Kier alpha value is -3.05. The Bertz CT molecular complexity index is 943. The van der Waals surface area contributed by atoms with Crippen LogP contribution < -0.4 is 4.90 Å². The van der Waals surface area contributed by atoms with Gasteiger partial charge in [-0.3, -0.25) is 20.2 Å². The second kappa shape index (κ2) is 8.13. The topological polar surface area (TPSA) is 148 Å². The van der Waals surface area contributed by atoms with Crippen LogP contribution in [0, 0.1) is 33.1 Å². The fraction of sp³-hybridized carbons (Fsp3) is 0.500. The molecule has 1 aromatic carbocycles. The van der Waals surface area contributed by atoms with Crippen LogP contribution in [-0.4, -0.2) is 42.7 Å². The number of benzene rings is 1. The third kappa shape index (κ3) is 3.78. The summed E-state index contributed by atoms with van der Waals surface area (Å²) in [4.78, 5) is 27.9. The maximum Gasteiger partial charge on any atom is 0.302 e. The molecule has 2 aromatic rings. The third-order valence-electron chi connectivity index (χ3n) is 5.51. The van der Waals surface area contributed by atoms with Gasteiger partial charge in [0.05, 0.1) is 16.5 Å². The van der Waals surface area contributed by atoms with Gasteiger partial charge in [-0.1, -0.05) is 0 Å². The molecule has 0 spiro atoms. The molecule has 156 valence electrons. The first-order chi connectivity index (χ1) is 13.8. The number of anilines is 1. The lowest BCUT2D eigenvalue weighted by Gasteiger charge is -2.36. The van der Waals surface area contributed by atoms with Crippen molar-refractivity contribution in [2.45, 2.75) is 32.5 Å². The number of aryl methyl sites for hydroxylation is 1. The van der Waals surface area contributed by atoms with Crippen LogP contribution in [0.25, 0.3) is 0 Å². The minimum absolute atomic E-state index is 0.0774. The van der Waals surface area contributed by atoms with Crippen molar-refractivity contribution in [3.05, 3.63) is 55.6 Å². The maximum absolute atomic E-state index is 11.8. The number of nitro benzene ring substituents is 2. The molecular formula is C18H23N5O6. The largest absolute Gasteiger partial charge is 0.392 e. The second-order valence-corrected chi connectivity index (χ2v) is 7.24. The van der Waals surface area contributed by atoms with Gasteiger partial charge in [0.25, 0.3) is 5.69 Å². The average molecular weight is 405 g/mol. The predicted octanol–water partition coefficient (Wildman–Crippen LogP) is 1.99. The van der Waals surface area contributed by atoms with E-state index in [1.54, 1.807) is 28.9 Å². The summed E-state index contributed by atoms with van der Waals surface area (Å²) in [5.74, 6) is 0.189. The van der Waals surface area contributed by atoms with E-state index in [1.165, 1.54) is 13.0 Å². The normalized spacial score (nSPS) is 17.9. The highest BCUT2D eigenvalue weighted by molar-refractivity contribution is 5.79. The van der Waals surface area contributed by atoms with Gasteiger partial charge in [0, 0.05) is 50.1 Å². The van der Waals surface area contributed by atoms with Gasteiger partial charge in [-0.05, 0) is 25.3 Å². The van der Waals surface area contributed by atoms with E-state index in [2.05, 4.69) is 4.98 Å². The Balaban J connectivity index is 2.05. The summed E-state index contributed by atoms with van der Waals surface area (Å²) in [6, 6.07) is 1.19. The summed E-state index contributed by atoms with van der Waals surface area (Å²) in [5.41, 5.74) is -0.529. The van der Waals surface area contributed by atoms with Crippen LogP contribution in [0.1, 0.15) is 35.9 Å². The molecule has 0 bridgehead atoms. The zero-order chi connectivity index (χ0) is 21.3. The van der Waals surface area contributed by atoms with Crippen molar-refractivity contribution in [1.82, 2.24) is 9.55 Å². The summed E-state index contributed by atoms with van der Waals surface area (Å²) in [6.45, 7) is 1.55. The van der Waals surface area contributed by atoms with Crippen molar-refractivity contribution in [1.29, 1.82) is 0 Å². The molecule has 29 heavy (non-hydrogen) atoms. The first-order valence-electron chi connectivity index (χ1n) is 9.22. The number of aliphatic hydroxyl groups excluding tert-OH is 2. The molecule has 2 unspecified atom stereocenters. The molecule has 2 atom stereocenters. The van der Waals surface area contributed by atoms with E-state index >= 15 is 0 Å². The highest BCUT2D eigenvalue weighted by Gasteiger charge is 2.37. The molecule has 1 fully saturated rings. The van der Waals surface area contributed by atoms with E-state index in [9.17, 15) is 30.4 Å².